The summed E-state index contributed by atoms with van der Waals surface area (Å²) in [7, 11) is 0. The van der Waals surface area contributed by atoms with Gasteiger partial charge >= 0.3 is 0 Å². The zero-order valence-corrected chi connectivity index (χ0v) is 20.6. The number of anilines is 2. The van der Waals surface area contributed by atoms with Crippen molar-refractivity contribution in [3.8, 4) is 0 Å². The number of nitrogens with one attached hydrogen (secondary N) is 1. The Hall–Kier alpha value is -3.35. The molecule has 1 aromatic heterocycles. The maximum absolute atomic E-state index is 13.7. The molecule has 5 rings (SSSR count). The highest BCUT2D eigenvalue weighted by molar-refractivity contribution is 7.98. The summed E-state index contributed by atoms with van der Waals surface area (Å²) in [6, 6.07) is 23.3. The lowest BCUT2D eigenvalue weighted by atomic mass is 10.0. The van der Waals surface area contributed by atoms with Gasteiger partial charge in [-0.25, -0.2) is 0 Å². The summed E-state index contributed by atoms with van der Waals surface area (Å²) in [5.41, 5.74) is 6.09. The summed E-state index contributed by atoms with van der Waals surface area (Å²) < 4.78 is 0. The first-order valence-electron chi connectivity index (χ1n) is 11.0. The number of aryl methyl sites for hydroxylation is 1. The van der Waals surface area contributed by atoms with Crippen LogP contribution >= 0.6 is 23.1 Å². The van der Waals surface area contributed by atoms with Gasteiger partial charge < -0.3 is 10.2 Å². The SMILES string of the molecule is CSc1ccccc1C(=O)Nc1ccc(C(=O)N2Cc3ccsc3Cc3ccccc32)c(C)c1. The Morgan fingerprint density at radius 2 is 1.74 bits per heavy atom. The van der Waals surface area contributed by atoms with E-state index in [9.17, 15) is 9.59 Å². The Balaban J connectivity index is 1.43. The number of amides is 2. The number of para-hydroxylation sites is 1. The third kappa shape index (κ3) is 4.27. The standard InChI is InChI=1S/C28H24N2O2S2/c1-18-15-21(29-27(31)23-8-4-6-10-25(23)33-2)11-12-22(18)28(32)30-17-20-13-14-34-26(20)16-19-7-3-5-9-24(19)30/h3-15H,16-17H2,1-2H3,(H,29,31). The summed E-state index contributed by atoms with van der Waals surface area (Å²) in [4.78, 5) is 30.7. The predicted octanol–water partition coefficient (Wildman–Crippen LogP) is 6.78. The average Bonchev–Trinajstić information content (AvgIpc) is 3.22. The molecule has 2 heterocycles. The minimum atomic E-state index is -0.158. The Morgan fingerprint density at radius 1 is 0.941 bits per heavy atom. The van der Waals surface area contributed by atoms with Crippen molar-refractivity contribution in [2.45, 2.75) is 24.8 Å². The van der Waals surface area contributed by atoms with E-state index < -0.39 is 0 Å². The third-order valence-electron chi connectivity index (χ3n) is 6.11. The topological polar surface area (TPSA) is 49.4 Å². The van der Waals surface area contributed by atoms with E-state index in [-0.39, 0.29) is 11.8 Å². The molecule has 0 radical (unpaired) electrons. The number of hydrogen-bond acceptors (Lipinski definition) is 4. The van der Waals surface area contributed by atoms with Gasteiger partial charge in [0.25, 0.3) is 11.8 Å². The van der Waals surface area contributed by atoms with Crippen molar-refractivity contribution >= 4 is 46.3 Å². The zero-order chi connectivity index (χ0) is 23.7. The van der Waals surface area contributed by atoms with Crippen LogP contribution in [0.5, 0.6) is 0 Å². The number of hydrogen-bond donors (Lipinski definition) is 1. The molecule has 0 aliphatic carbocycles. The number of rotatable bonds is 4. The number of carbonyl (C=O) groups is 2. The Bertz CT molecular complexity index is 1390. The summed E-state index contributed by atoms with van der Waals surface area (Å²) in [6.45, 7) is 2.47. The number of nitrogens with zero attached hydrogens (tertiary/aromatic N) is 1. The van der Waals surface area contributed by atoms with Crippen molar-refractivity contribution in [3.05, 3.63) is 111 Å². The van der Waals surface area contributed by atoms with Crippen LogP contribution < -0.4 is 10.2 Å². The highest BCUT2D eigenvalue weighted by Crippen LogP contribution is 2.34. The van der Waals surface area contributed by atoms with Crippen LogP contribution in [0.1, 0.15) is 42.3 Å². The molecule has 1 aliphatic heterocycles. The van der Waals surface area contributed by atoms with Crippen molar-refractivity contribution in [1.29, 1.82) is 0 Å². The maximum atomic E-state index is 13.7. The fourth-order valence-electron chi connectivity index (χ4n) is 4.35. The van der Waals surface area contributed by atoms with Crippen LogP contribution in [0.3, 0.4) is 0 Å². The van der Waals surface area contributed by atoms with Crippen LogP contribution in [0, 0.1) is 6.92 Å². The molecule has 4 aromatic rings. The van der Waals surface area contributed by atoms with Crippen molar-refractivity contribution in [2.75, 3.05) is 16.5 Å². The van der Waals surface area contributed by atoms with E-state index in [1.165, 1.54) is 10.4 Å². The van der Waals surface area contributed by atoms with Gasteiger partial charge in [0.05, 0.1) is 12.1 Å². The second kappa shape index (κ2) is 9.49. The molecule has 0 spiro atoms. The smallest absolute Gasteiger partial charge is 0.258 e. The van der Waals surface area contributed by atoms with Gasteiger partial charge in [0.2, 0.25) is 0 Å². The number of benzene rings is 3. The lowest BCUT2D eigenvalue weighted by Crippen LogP contribution is -2.31. The van der Waals surface area contributed by atoms with Gasteiger partial charge in [-0.15, -0.1) is 23.1 Å². The molecule has 0 fully saturated rings. The number of carbonyl (C=O) groups excluding carboxylic acids is 2. The molecule has 0 bridgehead atoms. The molecule has 170 valence electrons. The number of thiophene rings is 1. The van der Waals surface area contributed by atoms with E-state index in [4.69, 9.17) is 0 Å². The van der Waals surface area contributed by atoms with Gasteiger partial charge in [-0.2, -0.15) is 0 Å². The van der Waals surface area contributed by atoms with Crippen LogP contribution in [0.25, 0.3) is 0 Å². The van der Waals surface area contributed by atoms with Gasteiger partial charge in [0.15, 0.2) is 0 Å². The summed E-state index contributed by atoms with van der Waals surface area (Å²) in [5, 5.41) is 5.08. The summed E-state index contributed by atoms with van der Waals surface area (Å²) in [5.74, 6) is -0.190. The van der Waals surface area contributed by atoms with Crippen LogP contribution in [-0.2, 0) is 13.0 Å². The fraction of sp³-hybridized carbons (Fsp3) is 0.143. The van der Waals surface area contributed by atoms with Crippen LogP contribution in [0.4, 0.5) is 11.4 Å². The normalized spacial score (nSPS) is 12.5. The van der Waals surface area contributed by atoms with Gasteiger partial charge in [0, 0.05) is 33.1 Å². The second-order valence-electron chi connectivity index (χ2n) is 8.25. The molecule has 0 saturated heterocycles. The first kappa shape index (κ1) is 22.4. The Morgan fingerprint density at radius 3 is 2.56 bits per heavy atom. The van der Waals surface area contributed by atoms with Crippen molar-refractivity contribution in [3.63, 3.8) is 0 Å². The molecular weight excluding hydrogens is 460 g/mol. The van der Waals surface area contributed by atoms with Crippen molar-refractivity contribution in [2.24, 2.45) is 0 Å². The molecule has 2 amide bonds. The first-order chi connectivity index (χ1) is 16.5. The van der Waals surface area contributed by atoms with Gasteiger partial charge in [-0.05, 0) is 77.7 Å². The second-order valence-corrected chi connectivity index (χ2v) is 10.1. The monoisotopic (exact) mass is 484 g/mol. The first-order valence-corrected chi connectivity index (χ1v) is 13.2. The Labute approximate surface area is 207 Å². The molecule has 0 unspecified atom stereocenters. The van der Waals surface area contributed by atoms with E-state index in [1.54, 1.807) is 29.2 Å². The van der Waals surface area contributed by atoms with Gasteiger partial charge in [-0.1, -0.05) is 30.3 Å². The number of fused-ring (bicyclic) bond motifs is 2. The van der Waals surface area contributed by atoms with E-state index in [2.05, 4.69) is 22.8 Å². The van der Waals surface area contributed by atoms with E-state index in [1.807, 2.05) is 72.7 Å². The zero-order valence-electron chi connectivity index (χ0n) is 19.0. The molecule has 6 heteroatoms. The maximum Gasteiger partial charge on any atom is 0.258 e. The minimum absolute atomic E-state index is 0.0328. The molecular formula is C28H24N2O2S2. The average molecular weight is 485 g/mol. The van der Waals surface area contributed by atoms with E-state index >= 15 is 0 Å². The van der Waals surface area contributed by atoms with Crippen molar-refractivity contribution in [1.82, 2.24) is 0 Å². The lowest BCUT2D eigenvalue weighted by Gasteiger charge is -2.24. The quantitative estimate of drug-likeness (QED) is 0.325. The predicted molar refractivity (Wildman–Crippen MR) is 141 cm³/mol. The highest BCUT2D eigenvalue weighted by Gasteiger charge is 2.26. The molecule has 1 N–H and O–H groups in total. The largest absolute Gasteiger partial charge is 0.322 e. The molecule has 0 saturated carbocycles. The Kier molecular flexibility index (Phi) is 6.26. The molecule has 1 aliphatic rings. The highest BCUT2D eigenvalue weighted by atomic mass is 32.2. The summed E-state index contributed by atoms with van der Waals surface area (Å²) >= 11 is 3.28. The molecule has 4 nitrogen and oxygen atoms in total. The van der Waals surface area contributed by atoms with E-state index in [0.717, 1.165) is 28.1 Å². The molecule has 0 atom stereocenters. The van der Waals surface area contributed by atoms with Crippen LogP contribution in [-0.4, -0.2) is 18.1 Å². The minimum Gasteiger partial charge on any atom is -0.322 e. The van der Waals surface area contributed by atoms with Gasteiger partial charge in [0.1, 0.15) is 0 Å². The van der Waals surface area contributed by atoms with Crippen molar-refractivity contribution < 1.29 is 9.59 Å². The lowest BCUT2D eigenvalue weighted by molar-refractivity contribution is 0.0983. The molecule has 34 heavy (non-hydrogen) atoms. The number of thioether (sulfide) groups is 1. The fourth-order valence-corrected chi connectivity index (χ4v) is 5.87. The molecule has 3 aromatic carbocycles. The van der Waals surface area contributed by atoms with E-state index in [0.29, 0.717) is 23.4 Å². The summed E-state index contributed by atoms with van der Waals surface area (Å²) in [6.07, 6.45) is 2.80. The van der Waals surface area contributed by atoms with Gasteiger partial charge in [-0.3, -0.25) is 9.59 Å². The third-order valence-corrected chi connectivity index (χ3v) is 7.87. The van der Waals surface area contributed by atoms with Crippen LogP contribution in [0.2, 0.25) is 0 Å². The van der Waals surface area contributed by atoms with Crippen LogP contribution in [0.15, 0.2) is 83.1 Å².